The van der Waals surface area contributed by atoms with Gasteiger partial charge in [0.25, 0.3) is 0 Å². The van der Waals surface area contributed by atoms with Gasteiger partial charge in [0, 0.05) is 16.8 Å². The Morgan fingerprint density at radius 2 is 2.24 bits per heavy atom. The number of rotatable bonds is 3. The van der Waals surface area contributed by atoms with Crippen molar-refractivity contribution in [3.05, 3.63) is 34.9 Å². The first kappa shape index (κ1) is 12.8. The van der Waals surface area contributed by atoms with Gasteiger partial charge >= 0.3 is 0 Å². The largest absolute Gasteiger partial charge is 0.361 e. The predicted octanol–water partition coefficient (Wildman–Crippen LogP) is 3.56. The zero-order valence-electron chi connectivity index (χ0n) is 10.1. The number of hydrogen-bond acceptors (Lipinski definition) is 2. The van der Waals surface area contributed by atoms with Crippen molar-refractivity contribution in [3.63, 3.8) is 0 Å². The summed E-state index contributed by atoms with van der Waals surface area (Å²) in [6, 6.07) is 8.41. The molecule has 2 rings (SSSR count). The molecule has 0 unspecified atom stereocenters. The molecule has 0 amide bonds. The van der Waals surface area contributed by atoms with Crippen LogP contribution in [0.5, 0.6) is 0 Å². The molecule has 0 spiro atoms. The van der Waals surface area contributed by atoms with Gasteiger partial charge in [-0.3, -0.25) is 4.99 Å². The van der Waals surface area contributed by atoms with Crippen LogP contribution in [-0.2, 0) is 6.54 Å². The van der Waals surface area contributed by atoms with Crippen LogP contribution in [0, 0.1) is 5.92 Å². The van der Waals surface area contributed by atoms with E-state index >= 15 is 0 Å². The van der Waals surface area contributed by atoms with Crippen LogP contribution in [-0.4, -0.2) is 17.0 Å². The molecule has 1 atom stereocenters. The Hall–Kier alpha value is -0.670. The number of hydrogen-bond donors (Lipinski definition) is 1. The standard InChI is InChI=1S/C13H17ClN2S/c1-9(2)12-8-17-13(16-12)15-7-10-5-3-4-6-11(10)14/h3-6,9,12H,7-8H2,1-2H3,(H,15,16)/t12-/m1/s1. The van der Waals surface area contributed by atoms with E-state index in [-0.39, 0.29) is 0 Å². The molecule has 92 valence electrons. The number of nitrogens with zero attached hydrogens (tertiary/aromatic N) is 1. The molecule has 1 aliphatic heterocycles. The second kappa shape index (κ2) is 5.78. The highest BCUT2D eigenvalue weighted by molar-refractivity contribution is 8.14. The third-order valence-corrected chi connectivity index (χ3v) is 4.28. The van der Waals surface area contributed by atoms with Gasteiger partial charge in [0.1, 0.15) is 0 Å². The molecule has 2 nitrogen and oxygen atoms in total. The first-order valence-electron chi connectivity index (χ1n) is 5.84. The summed E-state index contributed by atoms with van der Waals surface area (Å²) in [6.07, 6.45) is 0. The summed E-state index contributed by atoms with van der Waals surface area (Å²) in [5.41, 5.74) is 1.08. The van der Waals surface area contributed by atoms with Crippen LogP contribution in [0.2, 0.25) is 5.02 Å². The van der Waals surface area contributed by atoms with Gasteiger partial charge in [-0.05, 0) is 17.5 Å². The Balaban J connectivity index is 1.96. The van der Waals surface area contributed by atoms with Gasteiger partial charge in [-0.15, -0.1) is 0 Å². The second-order valence-corrected chi connectivity index (χ2v) is 5.93. The summed E-state index contributed by atoms with van der Waals surface area (Å²) in [4.78, 5) is 4.57. The van der Waals surface area contributed by atoms with Gasteiger partial charge in [0.2, 0.25) is 0 Å². The highest BCUT2D eigenvalue weighted by atomic mass is 35.5. The van der Waals surface area contributed by atoms with Crippen LogP contribution in [0.4, 0.5) is 0 Å². The van der Waals surface area contributed by atoms with Crippen LogP contribution >= 0.6 is 23.4 Å². The number of thioether (sulfide) groups is 1. The van der Waals surface area contributed by atoms with E-state index in [2.05, 4.69) is 24.2 Å². The Bertz CT molecular complexity index is 418. The van der Waals surface area contributed by atoms with E-state index in [1.165, 1.54) is 0 Å². The minimum absolute atomic E-state index is 0.546. The zero-order valence-corrected chi connectivity index (χ0v) is 11.7. The minimum atomic E-state index is 0.546. The lowest BCUT2D eigenvalue weighted by Gasteiger charge is -2.13. The van der Waals surface area contributed by atoms with E-state index in [1.54, 1.807) is 11.8 Å². The SMILES string of the molecule is CC(C)[C@H]1CSC(=NCc2ccccc2Cl)N1. The van der Waals surface area contributed by atoms with Crippen molar-refractivity contribution in [1.29, 1.82) is 0 Å². The van der Waals surface area contributed by atoms with Crippen molar-refractivity contribution in [2.24, 2.45) is 10.9 Å². The monoisotopic (exact) mass is 268 g/mol. The molecule has 1 saturated heterocycles. The van der Waals surface area contributed by atoms with Gasteiger partial charge in [0.15, 0.2) is 5.17 Å². The average Bonchev–Trinajstić information content (AvgIpc) is 2.77. The Kier molecular flexibility index (Phi) is 4.35. The predicted molar refractivity (Wildman–Crippen MR) is 76.8 cm³/mol. The second-order valence-electron chi connectivity index (χ2n) is 4.52. The molecule has 1 N–H and O–H groups in total. The highest BCUT2D eigenvalue weighted by Crippen LogP contribution is 2.21. The average molecular weight is 269 g/mol. The lowest BCUT2D eigenvalue weighted by Crippen LogP contribution is -2.31. The van der Waals surface area contributed by atoms with Crippen LogP contribution in [0.25, 0.3) is 0 Å². The molecule has 0 radical (unpaired) electrons. The lowest BCUT2D eigenvalue weighted by atomic mass is 10.1. The fourth-order valence-corrected chi connectivity index (χ4v) is 3.04. The molecular formula is C13H17ClN2S. The number of benzene rings is 1. The summed E-state index contributed by atoms with van der Waals surface area (Å²) < 4.78 is 0. The summed E-state index contributed by atoms with van der Waals surface area (Å²) in [5.74, 6) is 1.76. The fourth-order valence-electron chi connectivity index (χ4n) is 1.64. The maximum atomic E-state index is 6.09. The molecule has 17 heavy (non-hydrogen) atoms. The Morgan fingerprint density at radius 1 is 1.47 bits per heavy atom. The smallest absolute Gasteiger partial charge is 0.157 e. The van der Waals surface area contributed by atoms with E-state index in [0.717, 1.165) is 21.5 Å². The first-order valence-corrected chi connectivity index (χ1v) is 7.20. The van der Waals surface area contributed by atoms with E-state index in [9.17, 15) is 0 Å². The molecule has 0 aliphatic carbocycles. The zero-order chi connectivity index (χ0) is 12.3. The normalized spacial score (nSPS) is 22.1. The van der Waals surface area contributed by atoms with Gasteiger partial charge in [-0.25, -0.2) is 0 Å². The van der Waals surface area contributed by atoms with E-state index in [4.69, 9.17) is 11.6 Å². The first-order chi connectivity index (χ1) is 8.16. The van der Waals surface area contributed by atoms with Crippen LogP contribution in [0.3, 0.4) is 0 Å². The molecule has 1 aromatic rings. The Labute approximate surface area is 112 Å². The maximum Gasteiger partial charge on any atom is 0.157 e. The summed E-state index contributed by atoms with van der Waals surface area (Å²) in [7, 11) is 0. The molecular weight excluding hydrogens is 252 g/mol. The fraction of sp³-hybridized carbons (Fsp3) is 0.462. The van der Waals surface area contributed by atoms with Crippen molar-refractivity contribution in [1.82, 2.24) is 5.32 Å². The molecule has 1 aromatic carbocycles. The summed E-state index contributed by atoms with van der Waals surface area (Å²) in [6.45, 7) is 5.12. The number of amidine groups is 1. The number of nitrogens with one attached hydrogen (secondary N) is 1. The van der Waals surface area contributed by atoms with Gasteiger partial charge in [-0.2, -0.15) is 0 Å². The molecule has 0 saturated carbocycles. The molecule has 1 heterocycles. The van der Waals surface area contributed by atoms with Crippen molar-refractivity contribution in [3.8, 4) is 0 Å². The molecule has 0 bridgehead atoms. The molecule has 1 fully saturated rings. The topological polar surface area (TPSA) is 24.4 Å². The van der Waals surface area contributed by atoms with E-state index < -0.39 is 0 Å². The summed E-state index contributed by atoms with van der Waals surface area (Å²) in [5, 5.41) is 5.29. The minimum Gasteiger partial charge on any atom is -0.361 e. The van der Waals surface area contributed by atoms with E-state index in [0.29, 0.717) is 18.5 Å². The molecule has 0 aromatic heterocycles. The quantitative estimate of drug-likeness (QED) is 0.907. The van der Waals surface area contributed by atoms with Crippen LogP contribution in [0.1, 0.15) is 19.4 Å². The van der Waals surface area contributed by atoms with Crippen molar-refractivity contribution < 1.29 is 0 Å². The van der Waals surface area contributed by atoms with Gasteiger partial charge in [0.05, 0.1) is 6.54 Å². The van der Waals surface area contributed by atoms with Gasteiger partial charge < -0.3 is 5.32 Å². The Morgan fingerprint density at radius 3 is 2.88 bits per heavy atom. The number of aliphatic imine (C=N–C) groups is 1. The summed E-state index contributed by atoms with van der Waals surface area (Å²) >= 11 is 7.89. The van der Waals surface area contributed by atoms with Crippen LogP contribution < -0.4 is 5.32 Å². The maximum absolute atomic E-state index is 6.09. The number of halogens is 1. The van der Waals surface area contributed by atoms with Crippen LogP contribution in [0.15, 0.2) is 29.3 Å². The van der Waals surface area contributed by atoms with Crippen molar-refractivity contribution >= 4 is 28.5 Å². The van der Waals surface area contributed by atoms with Crippen molar-refractivity contribution in [2.75, 3.05) is 5.75 Å². The molecule has 1 aliphatic rings. The lowest BCUT2D eigenvalue weighted by molar-refractivity contribution is 0.503. The molecule has 4 heteroatoms. The van der Waals surface area contributed by atoms with Crippen molar-refractivity contribution in [2.45, 2.75) is 26.4 Å². The highest BCUT2D eigenvalue weighted by Gasteiger charge is 2.22. The van der Waals surface area contributed by atoms with E-state index in [1.807, 2.05) is 24.3 Å². The third-order valence-electron chi connectivity index (χ3n) is 2.86. The van der Waals surface area contributed by atoms with Gasteiger partial charge in [-0.1, -0.05) is 55.4 Å². The third kappa shape index (κ3) is 3.39.